The number of ether oxygens (including phenoxy) is 2. The van der Waals surface area contributed by atoms with Gasteiger partial charge in [0.15, 0.2) is 0 Å². The molecule has 2 unspecified atom stereocenters. The van der Waals surface area contributed by atoms with Crippen LogP contribution in [-0.4, -0.2) is 73.9 Å². The number of hydrogen-bond donors (Lipinski definition) is 3. The first kappa shape index (κ1) is 21.1. The summed E-state index contributed by atoms with van der Waals surface area (Å²) in [5.74, 6) is 1.78. The minimum absolute atomic E-state index is 0.138. The molecule has 3 N–H and O–H groups in total. The molecule has 3 aliphatic rings. The van der Waals surface area contributed by atoms with Gasteiger partial charge in [-0.1, -0.05) is 6.08 Å². The van der Waals surface area contributed by atoms with Crippen LogP contribution < -0.4 is 20.1 Å². The summed E-state index contributed by atoms with van der Waals surface area (Å²) in [5, 5.41) is 13.9. The fourth-order valence-corrected chi connectivity index (χ4v) is 3.74. The number of rotatable bonds is 7. The van der Waals surface area contributed by atoms with Crippen LogP contribution in [0.1, 0.15) is 19.3 Å². The zero-order valence-corrected chi connectivity index (χ0v) is 16.7. The highest BCUT2D eigenvalue weighted by Gasteiger charge is 2.38. The van der Waals surface area contributed by atoms with Crippen molar-refractivity contribution in [1.82, 2.24) is 15.5 Å². The van der Waals surface area contributed by atoms with E-state index in [1.54, 1.807) is 7.11 Å². The van der Waals surface area contributed by atoms with Crippen molar-refractivity contribution in [3.05, 3.63) is 35.9 Å². The van der Waals surface area contributed by atoms with Crippen molar-refractivity contribution in [2.75, 3.05) is 33.4 Å². The zero-order valence-electron chi connectivity index (χ0n) is 16.7. The fraction of sp³-hybridized carbons (Fsp3) is 0.524. The van der Waals surface area contributed by atoms with Gasteiger partial charge in [-0.15, -0.1) is 0 Å². The molecule has 1 saturated heterocycles. The maximum atomic E-state index is 13.1. The molecule has 1 aliphatic carbocycles. The number of piperazine rings is 1. The maximum absolute atomic E-state index is 13.1. The molecule has 0 spiro atoms. The topological polar surface area (TPSA) is 100 Å². The second-order valence-electron chi connectivity index (χ2n) is 7.33. The molecule has 1 amide bonds. The Balaban J connectivity index is 0.000000755. The standard InChI is InChI=1S/C20H27N3O3.CH2O2/c1-25-16-5-7-17(8-6-16)26-11-10-23(15-3-4-15)20(24)18-9-2-14-12-21-13-19(18)22-14;2-1-3/h5-9,14-15,19,21-22H,2-4,10-13H2,1H3;1H,(H,2,3). The highest BCUT2D eigenvalue weighted by Crippen LogP contribution is 2.29. The van der Waals surface area contributed by atoms with Crippen LogP contribution in [0.25, 0.3) is 0 Å². The van der Waals surface area contributed by atoms with Crippen LogP contribution in [0.15, 0.2) is 35.9 Å². The summed E-state index contributed by atoms with van der Waals surface area (Å²) in [6.07, 6.45) is 5.27. The highest BCUT2D eigenvalue weighted by atomic mass is 16.5. The number of fused-ring (bicyclic) bond motifs is 2. The molecule has 2 bridgehead atoms. The zero-order chi connectivity index (χ0) is 20.6. The Bertz CT molecular complexity index is 718. The average Bonchev–Trinajstić information content (AvgIpc) is 3.57. The van der Waals surface area contributed by atoms with E-state index in [2.05, 4.69) is 16.7 Å². The number of hydrogen-bond acceptors (Lipinski definition) is 6. The monoisotopic (exact) mass is 403 g/mol. The summed E-state index contributed by atoms with van der Waals surface area (Å²) in [6, 6.07) is 8.51. The fourth-order valence-electron chi connectivity index (χ4n) is 3.74. The van der Waals surface area contributed by atoms with E-state index in [9.17, 15) is 4.79 Å². The van der Waals surface area contributed by atoms with Crippen molar-refractivity contribution >= 4 is 12.4 Å². The SMILES string of the molecule is COc1ccc(OCCN(C(=O)C2=CCC3CNCC2N3)C2CC2)cc1.O=CO. The molecular weight excluding hydrogens is 374 g/mol. The Labute approximate surface area is 170 Å². The average molecular weight is 403 g/mol. The summed E-state index contributed by atoms with van der Waals surface area (Å²) in [4.78, 5) is 23.5. The van der Waals surface area contributed by atoms with Crippen LogP contribution in [0.4, 0.5) is 0 Å². The third kappa shape index (κ3) is 5.71. The van der Waals surface area contributed by atoms with Gasteiger partial charge in [0.2, 0.25) is 0 Å². The summed E-state index contributed by atoms with van der Waals surface area (Å²) in [5.41, 5.74) is 0.921. The lowest BCUT2D eigenvalue weighted by atomic mass is 9.93. The van der Waals surface area contributed by atoms with E-state index in [-0.39, 0.29) is 18.4 Å². The molecule has 2 fully saturated rings. The van der Waals surface area contributed by atoms with Gasteiger partial charge in [0.25, 0.3) is 12.4 Å². The van der Waals surface area contributed by atoms with Gasteiger partial charge in [0, 0.05) is 30.7 Å². The highest BCUT2D eigenvalue weighted by molar-refractivity contribution is 5.95. The van der Waals surface area contributed by atoms with Gasteiger partial charge in [0.1, 0.15) is 18.1 Å². The predicted molar refractivity (Wildman–Crippen MR) is 108 cm³/mol. The molecule has 8 nitrogen and oxygen atoms in total. The van der Waals surface area contributed by atoms with Crippen LogP contribution in [0, 0.1) is 0 Å². The van der Waals surface area contributed by atoms with Crippen LogP contribution in [0.2, 0.25) is 0 Å². The first-order chi connectivity index (χ1) is 14.2. The molecule has 4 rings (SSSR count). The van der Waals surface area contributed by atoms with E-state index in [0.29, 0.717) is 25.2 Å². The van der Waals surface area contributed by atoms with Gasteiger partial charge in [-0.25, -0.2) is 0 Å². The van der Waals surface area contributed by atoms with E-state index in [1.807, 2.05) is 29.2 Å². The molecular formula is C21H29N3O5. The molecule has 2 aliphatic heterocycles. The summed E-state index contributed by atoms with van der Waals surface area (Å²) in [7, 11) is 1.65. The Hall–Kier alpha value is -2.58. The lowest BCUT2D eigenvalue weighted by molar-refractivity contribution is -0.128. The molecule has 29 heavy (non-hydrogen) atoms. The molecule has 0 radical (unpaired) electrons. The van der Waals surface area contributed by atoms with E-state index in [0.717, 1.165) is 49.4 Å². The molecule has 1 aromatic carbocycles. The number of benzene rings is 1. The normalized spacial score (nSPS) is 22.4. The third-order valence-corrected chi connectivity index (χ3v) is 5.33. The van der Waals surface area contributed by atoms with Crippen LogP contribution in [-0.2, 0) is 9.59 Å². The number of nitrogens with zero attached hydrogens (tertiary/aromatic N) is 1. The van der Waals surface area contributed by atoms with Crippen molar-refractivity contribution in [2.45, 2.75) is 37.4 Å². The van der Waals surface area contributed by atoms with E-state index >= 15 is 0 Å². The smallest absolute Gasteiger partial charge is 0.290 e. The van der Waals surface area contributed by atoms with E-state index < -0.39 is 0 Å². The Morgan fingerprint density at radius 3 is 2.59 bits per heavy atom. The van der Waals surface area contributed by atoms with E-state index in [1.165, 1.54) is 0 Å². The Morgan fingerprint density at radius 1 is 1.24 bits per heavy atom. The number of carbonyl (C=O) groups is 2. The van der Waals surface area contributed by atoms with Crippen LogP contribution in [0.3, 0.4) is 0 Å². The first-order valence-corrected chi connectivity index (χ1v) is 9.98. The third-order valence-electron chi connectivity index (χ3n) is 5.33. The largest absolute Gasteiger partial charge is 0.497 e. The van der Waals surface area contributed by atoms with E-state index in [4.69, 9.17) is 19.4 Å². The second kappa shape index (κ2) is 10.3. The number of methoxy groups -OCH3 is 1. The molecule has 8 heteroatoms. The number of carbonyl (C=O) groups excluding carboxylic acids is 1. The lowest BCUT2D eigenvalue weighted by Gasteiger charge is -2.38. The van der Waals surface area contributed by atoms with Gasteiger partial charge >= 0.3 is 0 Å². The van der Waals surface area contributed by atoms with Crippen molar-refractivity contribution < 1.29 is 24.2 Å². The first-order valence-electron chi connectivity index (χ1n) is 9.98. The van der Waals surface area contributed by atoms with Crippen molar-refractivity contribution in [3.63, 3.8) is 0 Å². The van der Waals surface area contributed by atoms with Gasteiger partial charge in [-0.2, -0.15) is 0 Å². The number of nitrogens with one attached hydrogen (secondary N) is 2. The number of amides is 1. The van der Waals surface area contributed by atoms with Crippen molar-refractivity contribution in [1.29, 1.82) is 0 Å². The van der Waals surface area contributed by atoms with Gasteiger partial charge < -0.3 is 30.1 Å². The summed E-state index contributed by atoms with van der Waals surface area (Å²) < 4.78 is 11.0. The lowest BCUT2D eigenvalue weighted by Crippen LogP contribution is -2.59. The predicted octanol–water partition coefficient (Wildman–Crippen LogP) is 1.03. The van der Waals surface area contributed by atoms with Crippen LogP contribution in [0.5, 0.6) is 11.5 Å². The molecule has 1 aromatic rings. The Kier molecular flexibility index (Phi) is 7.48. The second-order valence-corrected chi connectivity index (χ2v) is 7.33. The van der Waals surface area contributed by atoms with Gasteiger partial charge in [-0.05, 0) is 43.5 Å². The summed E-state index contributed by atoms with van der Waals surface area (Å²) in [6.45, 7) is 2.68. The molecule has 2 atom stereocenters. The minimum atomic E-state index is -0.250. The van der Waals surface area contributed by atoms with Crippen molar-refractivity contribution in [3.8, 4) is 11.5 Å². The molecule has 0 aromatic heterocycles. The molecule has 1 saturated carbocycles. The summed E-state index contributed by atoms with van der Waals surface area (Å²) >= 11 is 0. The van der Waals surface area contributed by atoms with Crippen molar-refractivity contribution in [2.24, 2.45) is 0 Å². The Morgan fingerprint density at radius 2 is 1.93 bits per heavy atom. The van der Waals surface area contributed by atoms with Gasteiger partial charge in [-0.3, -0.25) is 9.59 Å². The minimum Gasteiger partial charge on any atom is -0.497 e. The van der Waals surface area contributed by atoms with Gasteiger partial charge in [0.05, 0.1) is 19.7 Å². The molecule has 158 valence electrons. The quantitative estimate of drug-likeness (QED) is 0.585. The molecule has 2 heterocycles. The maximum Gasteiger partial charge on any atom is 0.290 e. The van der Waals surface area contributed by atoms with Crippen LogP contribution >= 0.6 is 0 Å². The number of carboxylic acid groups (broad SMARTS) is 1.